The topological polar surface area (TPSA) is 80.3 Å². The smallest absolute Gasteiger partial charge is 0.258 e. The van der Waals surface area contributed by atoms with Crippen molar-refractivity contribution in [3.05, 3.63) is 88.7 Å². The van der Waals surface area contributed by atoms with Crippen molar-refractivity contribution >= 4 is 29.1 Å². The number of anilines is 1. The average molecular weight is 410 g/mol. The summed E-state index contributed by atoms with van der Waals surface area (Å²) in [5.74, 6) is 0.149. The van der Waals surface area contributed by atoms with E-state index in [0.29, 0.717) is 28.6 Å². The molecule has 0 saturated heterocycles. The summed E-state index contributed by atoms with van der Waals surface area (Å²) < 4.78 is 5.53. The summed E-state index contributed by atoms with van der Waals surface area (Å²) >= 11 is 5.91. The minimum Gasteiger partial charge on any atom is -0.484 e. The number of carbonyl (C=O) groups is 2. The van der Waals surface area contributed by atoms with Gasteiger partial charge in [-0.2, -0.15) is 0 Å². The van der Waals surface area contributed by atoms with Gasteiger partial charge in [0.1, 0.15) is 5.75 Å². The van der Waals surface area contributed by atoms with Gasteiger partial charge in [0.15, 0.2) is 6.61 Å². The van der Waals surface area contributed by atoms with Gasteiger partial charge in [-0.05, 0) is 60.5 Å². The average Bonchev–Trinajstić information content (AvgIpc) is 2.72. The summed E-state index contributed by atoms with van der Waals surface area (Å²) in [5, 5.41) is 6.25. The lowest BCUT2D eigenvalue weighted by molar-refractivity contribution is -0.123. The lowest BCUT2D eigenvalue weighted by Crippen LogP contribution is -2.28. The number of hydrogen-bond donors (Lipinski definition) is 2. The molecule has 0 radical (unpaired) electrons. The molecule has 2 N–H and O–H groups in total. The minimum absolute atomic E-state index is 0.0963. The van der Waals surface area contributed by atoms with Gasteiger partial charge >= 0.3 is 0 Å². The van der Waals surface area contributed by atoms with Crippen molar-refractivity contribution in [2.75, 3.05) is 11.9 Å². The molecule has 0 unspecified atom stereocenters. The van der Waals surface area contributed by atoms with Crippen LogP contribution >= 0.6 is 11.6 Å². The van der Waals surface area contributed by atoms with Gasteiger partial charge in [0.25, 0.3) is 11.8 Å². The molecule has 0 aliphatic heterocycles. The summed E-state index contributed by atoms with van der Waals surface area (Å²) in [6.45, 7) is 2.09. The van der Waals surface area contributed by atoms with Crippen LogP contribution in [0, 0.1) is 6.92 Å². The molecule has 0 bridgehead atoms. The molecule has 2 amide bonds. The molecule has 6 nitrogen and oxygen atoms in total. The Morgan fingerprint density at radius 3 is 2.62 bits per heavy atom. The number of nitrogens with one attached hydrogen (secondary N) is 2. The van der Waals surface area contributed by atoms with Crippen molar-refractivity contribution < 1.29 is 14.3 Å². The number of ether oxygens (including phenoxy) is 1. The van der Waals surface area contributed by atoms with Crippen molar-refractivity contribution in [1.29, 1.82) is 0 Å². The first kappa shape index (κ1) is 20.4. The highest BCUT2D eigenvalue weighted by atomic mass is 35.5. The second-order valence-corrected chi connectivity index (χ2v) is 6.80. The molecule has 29 heavy (non-hydrogen) atoms. The van der Waals surface area contributed by atoms with Crippen LogP contribution in [-0.2, 0) is 11.3 Å². The van der Waals surface area contributed by atoms with Crippen LogP contribution < -0.4 is 15.4 Å². The third-order valence-electron chi connectivity index (χ3n) is 4.11. The number of nitrogens with zero attached hydrogens (tertiary/aromatic N) is 1. The van der Waals surface area contributed by atoms with Gasteiger partial charge in [-0.3, -0.25) is 14.6 Å². The van der Waals surface area contributed by atoms with Gasteiger partial charge < -0.3 is 15.4 Å². The maximum absolute atomic E-state index is 12.2. The van der Waals surface area contributed by atoms with E-state index >= 15 is 0 Å². The van der Waals surface area contributed by atoms with Crippen LogP contribution in [0.4, 0.5) is 5.69 Å². The number of carbonyl (C=O) groups excluding carboxylic acids is 2. The van der Waals surface area contributed by atoms with Gasteiger partial charge in [-0.15, -0.1) is 0 Å². The number of rotatable bonds is 7. The lowest BCUT2D eigenvalue weighted by Gasteiger charge is -2.11. The standard InChI is InChI=1S/C22H20ClN3O3/c1-15-11-18(23)5-6-20(15)29-14-21(27)25-13-16-3-2-4-19(12-16)26-22(28)17-7-9-24-10-8-17/h2-12H,13-14H2,1H3,(H,25,27)(H,26,28). The zero-order chi connectivity index (χ0) is 20.6. The van der Waals surface area contributed by atoms with E-state index in [1.165, 1.54) is 0 Å². The molecule has 148 valence electrons. The quantitative estimate of drug-likeness (QED) is 0.618. The summed E-state index contributed by atoms with van der Waals surface area (Å²) in [4.78, 5) is 28.2. The number of hydrogen-bond acceptors (Lipinski definition) is 4. The molecule has 7 heteroatoms. The molecule has 1 heterocycles. The molecule has 1 aromatic heterocycles. The Kier molecular flexibility index (Phi) is 6.81. The van der Waals surface area contributed by atoms with E-state index in [2.05, 4.69) is 15.6 Å². The van der Waals surface area contributed by atoms with E-state index in [-0.39, 0.29) is 18.4 Å². The fourth-order valence-corrected chi connectivity index (χ4v) is 2.86. The number of halogens is 1. The first-order chi connectivity index (χ1) is 14.0. The highest BCUT2D eigenvalue weighted by molar-refractivity contribution is 6.30. The van der Waals surface area contributed by atoms with Crippen LogP contribution in [0.15, 0.2) is 67.0 Å². The predicted molar refractivity (Wildman–Crippen MR) is 112 cm³/mol. The normalized spacial score (nSPS) is 10.3. The van der Waals surface area contributed by atoms with E-state index < -0.39 is 0 Å². The van der Waals surface area contributed by atoms with Gasteiger partial charge in [0, 0.05) is 35.2 Å². The van der Waals surface area contributed by atoms with Crippen molar-refractivity contribution in [1.82, 2.24) is 10.3 Å². The second-order valence-electron chi connectivity index (χ2n) is 6.37. The Bertz CT molecular complexity index is 1010. The zero-order valence-corrected chi connectivity index (χ0v) is 16.6. The number of aryl methyl sites for hydroxylation is 1. The lowest BCUT2D eigenvalue weighted by atomic mass is 10.2. The molecular formula is C22H20ClN3O3. The van der Waals surface area contributed by atoms with Crippen LogP contribution in [0.2, 0.25) is 5.02 Å². The number of amides is 2. The van der Waals surface area contributed by atoms with E-state index in [0.717, 1.165) is 11.1 Å². The summed E-state index contributed by atoms with van der Waals surface area (Å²) in [7, 11) is 0. The molecule has 0 saturated carbocycles. The van der Waals surface area contributed by atoms with Crippen LogP contribution in [0.1, 0.15) is 21.5 Å². The van der Waals surface area contributed by atoms with Crippen molar-refractivity contribution in [3.63, 3.8) is 0 Å². The number of benzene rings is 2. The van der Waals surface area contributed by atoms with Crippen LogP contribution in [-0.4, -0.2) is 23.4 Å². The van der Waals surface area contributed by atoms with Gasteiger partial charge in [0.2, 0.25) is 0 Å². The molecule has 0 fully saturated rings. The highest BCUT2D eigenvalue weighted by Gasteiger charge is 2.08. The molecule has 3 rings (SSSR count). The van der Waals surface area contributed by atoms with E-state index in [4.69, 9.17) is 16.3 Å². The first-order valence-electron chi connectivity index (χ1n) is 8.97. The third-order valence-corrected chi connectivity index (χ3v) is 4.35. The Morgan fingerprint density at radius 2 is 1.86 bits per heavy atom. The molecule has 3 aromatic rings. The van der Waals surface area contributed by atoms with Crippen molar-refractivity contribution in [2.24, 2.45) is 0 Å². The highest BCUT2D eigenvalue weighted by Crippen LogP contribution is 2.21. The molecule has 2 aromatic carbocycles. The van der Waals surface area contributed by atoms with Crippen LogP contribution in [0.3, 0.4) is 0 Å². The fraction of sp³-hybridized carbons (Fsp3) is 0.136. The first-order valence-corrected chi connectivity index (χ1v) is 9.35. The van der Waals surface area contributed by atoms with Gasteiger partial charge in [-0.25, -0.2) is 0 Å². The van der Waals surface area contributed by atoms with Crippen molar-refractivity contribution in [3.8, 4) is 5.75 Å². The molecular weight excluding hydrogens is 390 g/mol. The summed E-state index contributed by atoms with van der Waals surface area (Å²) in [6.07, 6.45) is 3.13. The monoisotopic (exact) mass is 409 g/mol. The summed E-state index contributed by atoms with van der Waals surface area (Å²) in [5.41, 5.74) is 2.89. The maximum Gasteiger partial charge on any atom is 0.258 e. The number of aromatic nitrogens is 1. The SMILES string of the molecule is Cc1cc(Cl)ccc1OCC(=O)NCc1cccc(NC(=O)c2ccncc2)c1. The van der Waals surface area contributed by atoms with Gasteiger partial charge in [-0.1, -0.05) is 23.7 Å². The second kappa shape index (κ2) is 9.71. The fourth-order valence-electron chi connectivity index (χ4n) is 2.64. The van der Waals surface area contributed by atoms with E-state index in [1.54, 1.807) is 48.8 Å². The predicted octanol–water partition coefficient (Wildman–Crippen LogP) is 3.99. The zero-order valence-electron chi connectivity index (χ0n) is 15.8. The van der Waals surface area contributed by atoms with E-state index in [1.807, 2.05) is 25.1 Å². The van der Waals surface area contributed by atoms with Crippen LogP contribution in [0.5, 0.6) is 5.75 Å². The minimum atomic E-state index is -0.245. The molecule has 0 aliphatic carbocycles. The third kappa shape index (κ3) is 6.05. The van der Waals surface area contributed by atoms with E-state index in [9.17, 15) is 9.59 Å². The summed E-state index contributed by atoms with van der Waals surface area (Å²) in [6, 6.07) is 15.8. The Hall–Kier alpha value is -3.38. The largest absolute Gasteiger partial charge is 0.484 e. The van der Waals surface area contributed by atoms with Gasteiger partial charge in [0.05, 0.1) is 0 Å². The Balaban J connectivity index is 1.51. The Labute approximate surface area is 173 Å². The molecule has 0 aliphatic rings. The van der Waals surface area contributed by atoms with Crippen LogP contribution in [0.25, 0.3) is 0 Å². The Morgan fingerprint density at radius 1 is 1.07 bits per heavy atom. The molecule has 0 spiro atoms. The van der Waals surface area contributed by atoms with Crippen molar-refractivity contribution in [2.45, 2.75) is 13.5 Å². The molecule has 0 atom stereocenters. The number of pyridine rings is 1. The maximum atomic E-state index is 12.2.